The van der Waals surface area contributed by atoms with Crippen LogP contribution in [0.5, 0.6) is 0 Å². The highest BCUT2D eigenvalue weighted by Gasteiger charge is 2.41. The molecule has 1 aliphatic rings. The lowest BCUT2D eigenvalue weighted by Gasteiger charge is -2.37. The predicted octanol–water partition coefficient (Wildman–Crippen LogP) is 0.0589. The number of amides is 1. The van der Waals surface area contributed by atoms with E-state index < -0.39 is 14.6 Å². The highest BCUT2D eigenvalue weighted by Crippen LogP contribution is 2.24. The van der Waals surface area contributed by atoms with Gasteiger partial charge in [-0.1, -0.05) is 0 Å². The summed E-state index contributed by atoms with van der Waals surface area (Å²) < 4.78 is 22.7. The quantitative estimate of drug-likeness (QED) is 0.771. The minimum Gasteiger partial charge on any atom is -0.335 e. The van der Waals surface area contributed by atoms with Gasteiger partial charge in [0.15, 0.2) is 9.84 Å². The number of carbonyl (C=O) groups is 1. The van der Waals surface area contributed by atoms with Crippen LogP contribution in [0.4, 0.5) is 0 Å². The first-order valence-electron chi connectivity index (χ1n) is 5.34. The van der Waals surface area contributed by atoms with Crippen molar-refractivity contribution >= 4 is 15.7 Å². The van der Waals surface area contributed by atoms with E-state index in [1.54, 1.807) is 24.8 Å². The summed E-state index contributed by atoms with van der Waals surface area (Å²) in [5.41, 5.74) is 0.389. The summed E-state index contributed by atoms with van der Waals surface area (Å²) in [5, 5.41) is 6.30. The van der Waals surface area contributed by atoms with Crippen molar-refractivity contribution in [2.24, 2.45) is 0 Å². The molecule has 7 heteroatoms. The van der Waals surface area contributed by atoms with Crippen LogP contribution >= 0.6 is 0 Å². The average molecular weight is 257 g/mol. The Morgan fingerprint density at radius 2 is 2.24 bits per heavy atom. The third kappa shape index (κ3) is 2.06. The standard InChI is InChI=1S/C10H15N3O3S/c1-10(2)7-13(5-6-17(10,15)16)9(14)8-3-4-11-12-8/h3-4H,5-7H2,1-2H3,(H,11,12). The molecule has 0 aromatic carbocycles. The van der Waals surface area contributed by atoms with E-state index in [-0.39, 0.29) is 24.7 Å². The van der Waals surface area contributed by atoms with E-state index in [1.165, 1.54) is 6.20 Å². The lowest BCUT2D eigenvalue weighted by Crippen LogP contribution is -2.54. The van der Waals surface area contributed by atoms with Crippen molar-refractivity contribution in [1.82, 2.24) is 15.1 Å². The summed E-state index contributed by atoms with van der Waals surface area (Å²) in [4.78, 5) is 13.6. The van der Waals surface area contributed by atoms with Gasteiger partial charge < -0.3 is 4.90 Å². The number of sulfone groups is 1. The fourth-order valence-electron chi connectivity index (χ4n) is 1.86. The molecule has 17 heavy (non-hydrogen) atoms. The topological polar surface area (TPSA) is 83.1 Å². The Balaban J connectivity index is 2.20. The van der Waals surface area contributed by atoms with Crippen molar-refractivity contribution in [2.45, 2.75) is 18.6 Å². The fourth-order valence-corrected chi connectivity index (χ4v) is 3.23. The molecule has 1 aromatic heterocycles. The van der Waals surface area contributed by atoms with E-state index in [4.69, 9.17) is 0 Å². The zero-order valence-corrected chi connectivity index (χ0v) is 10.6. The molecule has 2 heterocycles. The van der Waals surface area contributed by atoms with Crippen LogP contribution in [0.25, 0.3) is 0 Å². The number of aromatic amines is 1. The fraction of sp³-hybridized carbons (Fsp3) is 0.600. The highest BCUT2D eigenvalue weighted by molar-refractivity contribution is 7.92. The van der Waals surface area contributed by atoms with Crippen LogP contribution in [-0.2, 0) is 9.84 Å². The van der Waals surface area contributed by atoms with E-state index in [1.807, 2.05) is 0 Å². The van der Waals surface area contributed by atoms with Crippen LogP contribution < -0.4 is 0 Å². The van der Waals surface area contributed by atoms with Gasteiger partial charge in [-0.25, -0.2) is 8.42 Å². The van der Waals surface area contributed by atoms with E-state index in [2.05, 4.69) is 10.2 Å². The molecule has 0 atom stereocenters. The van der Waals surface area contributed by atoms with Crippen LogP contribution in [0, 0.1) is 0 Å². The first-order valence-corrected chi connectivity index (χ1v) is 7.00. The first kappa shape index (κ1) is 12.1. The Bertz CT molecular complexity index is 519. The molecule has 94 valence electrons. The summed E-state index contributed by atoms with van der Waals surface area (Å²) in [6.45, 7) is 3.75. The Labute approximate surface area is 99.9 Å². The van der Waals surface area contributed by atoms with Crippen LogP contribution in [0.2, 0.25) is 0 Å². The molecule has 0 radical (unpaired) electrons. The number of H-pyrrole nitrogens is 1. The average Bonchev–Trinajstić information content (AvgIpc) is 2.74. The normalized spacial score (nSPS) is 22.4. The van der Waals surface area contributed by atoms with Gasteiger partial charge in [-0.15, -0.1) is 0 Å². The van der Waals surface area contributed by atoms with Crippen LogP contribution in [-0.4, -0.2) is 53.0 Å². The van der Waals surface area contributed by atoms with Gasteiger partial charge in [0.25, 0.3) is 5.91 Å². The second-order valence-electron chi connectivity index (χ2n) is 4.78. The van der Waals surface area contributed by atoms with Crippen molar-refractivity contribution in [1.29, 1.82) is 0 Å². The zero-order chi connectivity index (χ0) is 12.7. The Kier molecular flexibility index (Phi) is 2.73. The maximum Gasteiger partial charge on any atom is 0.271 e. The maximum atomic E-state index is 12.0. The molecule has 1 aromatic rings. The molecule has 1 fully saturated rings. The van der Waals surface area contributed by atoms with Crippen molar-refractivity contribution in [2.75, 3.05) is 18.8 Å². The number of nitrogens with zero attached hydrogens (tertiary/aromatic N) is 2. The molecule has 6 nitrogen and oxygen atoms in total. The van der Waals surface area contributed by atoms with E-state index in [0.717, 1.165) is 0 Å². The molecule has 0 spiro atoms. The summed E-state index contributed by atoms with van der Waals surface area (Å²) in [6, 6.07) is 1.58. The second-order valence-corrected chi connectivity index (χ2v) is 7.52. The third-order valence-electron chi connectivity index (χ3n) is 3.06. The van der Waals surface area contributed by atoms with Gasteiger partial charge in [0.1, 0.15) is 5.69 Å². The van der Waals surface area contributed by atoms with Gasteiger partial charge in [0.05, 0.1) is 10.5 Å². The number of carbonyl (C=O) groups excluding carboxylic acids is 1. The van der Waals surface area contributed by atoms with Gasteiger partial charge in [0.2, 0.25) is 0 Å². The van der Waals surface area contributed by atoms with Crippen LogP contribution in [0.3, 0.4) is 0 Å². The lowest BCUT2D eigenvalue weighted by atomic mass is 10.2. The molecule has 1 saturated heterocycles. The lowest BCUT2D eigenvalue weighted by molar-refractivity contribution is 0.0737. The molecule has 1 aliphatic heterocycles. The Morgan fingerprint density at radius 3 is 2.76 bits per heavy atom. The molecule has 2 rings (SSSR count). The monoisotopic (exact) mass is 257 g/mol. The van der Waals surface area contributed by atoms with Gasteiger partial charge in [-0.2, -0.15) is 5.10 Å². The number of nitrogens with one attached hydrogen (secondary N) is 1. The van der Waals surface area contributed by atoms with Crippen LogP contribution in [0.15, 0.2) is 12.3 Å². The largest absolute Gasteiger partial charge is 0.335 e. The molecule has 1 N–H and O–H groups in total. The number of hydrogen-bond acceptors (Lipinski definition) is 4. The van der Waals surface area contributed by atoms with E-state index in [0.29, 0.717) is 5.69 Å². The summed E-state index contributed by atoms with van der Waals surface area (Å²) in [7, 11) is -3.12. The summed E-state index contributed by atoms with van der Waals surface area (Å²) in [5.74, 6) is -0.189. The summed E-state index contributed by atoms with van der Waals surface area (Å²) in [6.07, 6.45) is 1.50. The summed E-state index contributed by atoms with van der Waals surface area (Å²) >= 11 is 0. The zero-order valence-electron chi connectivity index (χ0n) is 9.80. The Hall–Kier alpha value is -1.37. The van der Waals surface area contributed by atoms with Gasteiger partial charge >= 0.3 is 0 Å². The smallest absolute Gasteiger partial charge is 0.271 e. The maximum absolute atomic E-state index is 12.0. The molecule has 0 aliphatic carbocycles. The van der Waals surface area contributed by atoms with Gasteiger partial charge in [-0.3, -0.25) is 9.89 Å². The minimum absolute atomic E-state index is 0.0138. The minimum atomic E-state index is -3.12. The van der Waals surface area contributed by atoms with Crippen LogP contribution in [0.1, 0.15) is 24.3 Å². The van der Waals surface area contributed by atoms with E-state index in [9.17, 15) is 13.2 Å². The van der Waals surface area contributed by atoms with E-state index >= 15 is 0 Å². The Morgan fingerprint density at radius 1 is 1.53 bits per heavy atom. The molecular weight excluding hydrogens is 242 g/mol. The highest BCUT2D eigenvalue weighted by atomic mass is 32.2. The molecule has 1 amide bonds. The molecular formula is C10H15N3O3S. The third-order valence-corrected chi connectivity index (χ3v) is 5.59. The van der Waals surface area contributed by atoms with Gasteiger partial charge in [-0.05, 0) is 19.9 Å². The molecule has 0 saturated carbocycles. The second kappa shape index (κ2) is 3.83. The number of rotatable bonds is 1. The van der Waals surface area contributed by atoms with Crippen molar-refractivity contribution in [3.63, 3.8) is 0 Å². The molecule has 0 unspecified atom stereocenters. The van der Waals surface area contributed by atoms with Gasteiger partial charge in [0, 0.05) is 19.3 Å². The number of aromatic nitrogens is 2. The SMILES string of the molecule is CC1(C)CN(C(=O)c2ccn[nH]2)CCS1(=O)=O. The van der Waals surface area contributed by atoms with Crippen molar-refractivity contribution < 1.29 is 13.2 Å². The van der Waals surface area contributed by atoms with Crippen molar-refractivity contribution in [3.8, 4) is 0 Å². The van der Waals surface area contributed by atoms with Crippen molar-refractivity contribution in [3.05, 3.63) is 18.0 Å². The first-order chi connectivity index (χ1) is 7.83. The number of hydrogen-bond donors (Lipinski definition) is 1. The predicted molar refractivity (Wildman–Crippen MR) is 62.4 cm³/mol. The molecule has 0 bridgehead atoms.